The third kappa shape index (κ3) is 4.80. The first-order chi connectivity index (χ1) is 15.4. The third-order valence-corrected chi connectivity index (χ3v) is 8.34. The molecule has 0 unspecified atom stereocenters. The Kier molecular flexibility index (Phi) is 6.80. The molecule has 0 aliphatic carbocycles. The number of thiazole rings is 1. The number of aromatic nitrogens is 1. The van der Waals surface area contributed by atoms with Crippen molar-refractivity contribution in [2.75, 3.05) is 40.4 Å². The van der Waals surface area contributed by atoms with E-state index in [0.29, 0.717) is 43.4 Å². The zero-order valence-electron chi connectivity index (χ0n) is 18.4. The monoisotopic (exact) mass is 473 g/mol. The molecular formula is C23H27N3O4S2. The van der Waals surface area contributed by atoms with Crippen LogP contribution in [0.1, 0.15) is 10.6 Å². The first-order valence-electron chi connectivity index (χ1n) is 10.4. The molecule has 0 saturated carbocycles. The Morgan fingerprint density at radius 1 is 1.03 bits per heavy atom. The first kappa shape index (κ1) is 22.7. The van der Waals surface area contributed by atoms with E-state index >= 15 is 0 Å². The second-order valence-corrected chi connectivity index (χ2v) is 10.6. The highest BCUT2D eigenvalue weighted by molar-refractivity contribution is 7.89. The lowest BCUT2D eigenvalue weighted by atomic mass is 10.2. The van der Waals surface area contributed by atoms with Gasteiger partial charge in [-0.2, -0.15) is 4.31 Å². The molecule has 1 saturated heterocycles. The Morgan fingerprint density at radius 3 is 2.50 bits per heavy atom. The molecule has 2 aromatic carbocycles. The Morgan fingerprint density at radius 2 is 1.81 bits per heavy atom. The summed E-state index contributed by atoms with van der Waals surface area (Å²) in [7, 11) is -0.283. The largest absolute Gasteiger partial charge is 0.497 e. The average Bonchev–Trinajstić information content (AvgIpc) is 3.28. The molecular weight excluding hydrogens is 446 g/mol. The number of piperazine rings is 1. The molecule has 0 atom stereocenters. The van der Waals surface area contributed by atoms with Crippen LogP contribution in [-0.4, -0.2) is 63.0 Å². The number of hydrogen-bond donors (Lipinski definition) is 0. The molecule has 0 bridgehead atoms. The summed E-state index contributed by atoms with van der Waals surface area (Å²) in [5.74, 6) is 1.49. The van der Waals surface area contributed by atoms with E-state index in [2.05, 4.69) is 10.3 Å². The predicted molar refractivity (Wildman–Crippen MR) is 126 cm³/mol. The van der Waals surface area contributed by atoms with Crippen LogP contribution in [0, 0.1) is 6.92 Å². The minimum absolute atomic E-state index is 0.312. The van der Waals surface area contributed by atoms with Crippen LogP contribution in [0.5, 0.6) is 11.5 Å². The lowest BCUT2D eigenvalue weighted by molar-refractivity contribution is 0.181. The second kappa shape index (κ2) is 9.58. The molecule has 32 heavy (non-hydrogen) atoms. The van der Waals surface area contributed by atoms with Crippen molar-refractivity contribution < 1.29 is 17.9 Å². The second-order valence-electron chi connectivity index (χ2n) is 7.67. The van der Waals surface area contributed by atoms with Gasteiger partial charge < -0.3 is 9.47 Å². The summed E-state index contributed by atoms with van der Waals surface area (Å²) in [6.07, 6.45) is 0. The zero-order chi connectivity index (χ0) is 22.7. The summed E-state index contributed by atoms with van der Waals surface area (Å²) >= 11 is 1.62. The fourth-order valence-corrected chi connectivity index (χ4v) is 6.13. The minimum atomic E-state index is -3.52. The summed E-state index contributed by atoms with van der Waals surface area (Å²) in [5, 5.41) is 3.07. The highest BCUT2D eigenvalue weighted by Gasteiger charge is 2.29. The molecule has 0 N–H and O–H groups in total. The summed E-state index contributed by atoms with van der Waals surface area (Å²) in [5.41, 5.74) is 2.76. The zero-order valence-corrected chi connectivity index (χ0v) is 20.1. The lowest BCUT2D eigenvalue weighted by Gasteiger charge is -2.33. The van der Waals surface area contributed by atoms with Crippen LogP contribution < -0.4 is 9.47 Å². The summed E-state index contributed by atoms with van der Waals surface area (Å²) in [4.78, 5) is 7.33. The quantitative estimate of drug-likeness (QED) is 0.522. The fourth-order valence-electron chi connectivity index (χ4n) is 3.78. The Bertz CT molecular complexity index is 1190. The van der Waals surface area contributed by atoms with Crippen LogP contribution in [0.2, 0.25) is 0 Å². The van der Waals surface area contributed by atoms with Crippen molar-refractivity contribution >= 4 is 21.4 Å². The number of nitrogens with zero attached hydrogens (tertiary/aromatic N) is 3. The molecule has 2 heterocycles. The van der Waals surface area contributed by atoms with Gasteiger partial charge >= 0.3 is 0 Å². The lowest BCUT2D eigenvalue weighted by Crippen LogP contribution is -2.48. The number of methoxy groups -OCH3 is 2. The molecule has 1 aliphatic heterocycles. The van der Waals surface area contributed by atoms with E-state index in [1.165, 1.54) is 0 Å². The molecule has 1 aliphatic rings. The molecule has 170 valence electrons. The van der Waals surface area contributed by atoms with Crippen molar-refractivity contribution in [3.8, 4) is 22.8 Å². The Balaban J connectivity index is 1.38. The van der Waals surface area contributed by atoms with E-state index in [4.69, 9.17) is 14.5 Å². The first-order valence-corrected chi connectivity index (χ1v) is 12.7. The number of benzene rings is 2. The number of sulfonamides is 1. The average molecular weight is 474 g/mol. The van der Waals surface area contributed by atoms with Gasteiger partial charge in [0.15, 0.2) is 0 Å². The number of hydrogen-bond acceptors (Lipinski definition) is 7. The standard InChI is InChI=1S/C23H27N3O4S2/c1-17-13-20(7-8-22(17)30-3)32(27,28)26-11-9-25(10-12-26)15-23-24-21(16-31-23)18-5-4-6-19(14-18)29-2/h4-8,13-14,16H,9-12,15H2,1-3H3. The predicted octanol–water partition coefficient (Wildman–Crippen LogP) is 3.64. The van der Waals surface area contributed by atoms with Crippen LogP contribution >= 0.6 is 11.3 Å². The van der Waals surface area contributed by atoms with Gasteiger partial charge in [0.2, 0.25) is 10.0 Å². The molecule has 0 spiro atoms. The van der Waals surface area contributed by atoms with Gasteiger partial charge in [-0.3, -0.25) is 4.90 Å². The van der Waals surface area contributed by atoms with Crippen molar-refractivity contribution in [2.45, 2.75) is 18.4 Å². The third-order valence-electron chi connectivity index (χ3n) is 5.61. The van der Waals surface area contributed by atoms with E-state index in [9.17, 15) is 8.42 Å². The maximum absolute atomic E-state index is 13.1. The van der Waals surface area contributed by atoms with Crippen molar-refractivity contribution in [3.63, 3.8) is 0 Å². The highest BCUT2D eigenvalue weighted by Crippen LogP contribution is 2.27. The molecule has 3 aromatic rings. The van der Waals surface area contributed by atoms with Gasteiger partial charge in [-0.15, -0.1) is 11.3 Å². The van der Waals surface area contributed by atoms with Gasteiger partial charge in [0.25, 0.3) is 0 Å². The van der Waals surface area contributed by atoms with Crippen LogP contribution in [0.4, 0.5) is 0 Å². The van der Waals surface area contributed by atoms with Gasteiger partial charge in [-0.05, 0) is 42.8 Å². The number of ether oxygens (including phenoxy) is 2. The van der Waals surface area contributed by atoms with Crippen LogP contribution in [-0.2, 0) is 16.6 Å². The van der Waals surface area contributed by atoms with E-state index in [0.717, 1.165) is 27.6 Å². The van der Waals surface area contributed by atoms with Gasteiger partial charge in [-0.1, -0.05) is 12.1 Å². The van der Waals surface area contributed by atoms with Crippen LogP contribution in [0.3, 0.4) is 0 Å². The maximum atomic E-state index is 13.1. The highest BCUT2D eigenvalue weighted by atomic mass is 32.2. The topological polar surface area (TPSA) is 72.0 Å². The molecule has 4 rings (SSSR count). The minimum Gasteiger partial charge on any atom is -0.497 e. The van der Waals surface area contributed by atoms with Gasteiger partial charge in [0.1, 0.15) is 16.5 Å². The van der Waals surface area contributed by atoms with Gasteiger partial charge in [0.05, 0.1) is 31.4 Å². The van der Waals surface area contributed by atoms with Crippen molar-refractivity contribution in [3.05, 3.63) is 58.4 Å². The smallest absolute Gasteiger partial charge is 0.243 e. The Hall–Kier alpha value is -2.46. The van der Waals surface area contributed by atoms with Crippen molar-refractivity contribution in [1.29, 1.82) is 0 Å². The maximum Gasteiger partial charge on any atom is 0.243 e. The van der Waals surface area contributed by atoms with Gasteiger partial charge in [-0.25, -0.2) is 13.4 Å². The summed E-state index contributed by atoms with van der Waals surface area (Å²) in [6.45, 7) is 4.82. The molecule has 1 aromatic heterocycles. The summed E-state index contributed by atoms with van der Waals surface area (Å²) < 4.78 is 38.2. The molecule has 0 radical (unpaired) electrons. The van der Waals surface area contributed by atoms with E-state index in [1.807, 2.05) is 31.2 Å². The summed E-state index contributed by atoms with van der Waals surface area (Å²) in [6, 6.07) is 12.9. The fraction of sp³-hybridized carbons (Fsp3) is 0.348. The van der Waals surface area contributed by atoms with Crippen molar-refractivity contribution in [1.82, 2.24) is 14.2 Å². The molecule has 1 fully saturated rings. The van der Waals surface area contributed by atoms with E-state index in [1.54, 1.807) is 48.1 Å². The molecule has 9 heteroatoms. The van der Waals surface area contributed by atoms with E-state index in [-0.39, 0.29) is 0 Å². The van der Waals surface area contributed by atoms with Gasteiger partial charge in [0, 0.05) is 37.1 Å². The SMILES string of the molecule is COc1cccc(-c2csc(CN3CCN(S(=O)(=O)c4ccc(OC)c(C)c4)CC3)n2)c1. The normalized spacial score (nSPS) is 15.6. The van der Waals surface area contributed by atoms with Crippen molar-refractivity contribution in [2.24, 2.45) is 0 Å². The number of aryl methyl sites for hydroxylation is 1. The Labute approximate surface area is 193 Å². The number of rotatable bonds is 7. The van der Waals surface area contributed by atoms with Crippen LogP contribution in [0.25, 0.3) is 11.3 Å². The molecule has 7 nitrogen and oxygen atoms in total. The van der Waals surface area contributed by atoms with E-state index < -0.39 is 10.0 Å². The van der Waals surface area contributed by atoms with Crippen LogP contribution in [0.15, 0.2) is 52.7 Å². The molecule has 0 amide bonds.